The van der Waals surface area contributed by atoms with E-state index in [1.165, 1.54) is 24.3 Å². The van der Waals surface area contributed by atoms with E-state index in [4.69, 9.17) is 4.74 Å². The first kappa shape index (κ1) is 19.0. The SMILES string of the molecule is C[N+]1(CCN(C(=O)c2ccc([N+](=O)[O-])cc2)c2ccccc2)CCOCC1. The number of carbonyl (C=O) groups excluding carboxylic acids is 1. The predicted molar refractivity (Wildman–Crippen MR) is 103 cm³/mol. The molecule has 0 saturated carbocycles. The van der Waals surface area contributed by atoms with Crippen molar-refractivity contribution in [3.05, 3.63) is 70.3 Å². The number of anilines is 1. The number of morpholine rings is 1. The molecule has 2 aromatic rings. The number of ether oxygens (including phenoxy) is 1. The van der Waals surface area contributed by atoms with Gasteiger partial charge in [-0.3, -0.25) is 14.9 Å². The van der Waals surface area contributed by atoms with Crippen LogP contribution in [-0.2, 0) is 4.74 Å². The number of carbonyl (C=O) groups is 1. The number of hydrogen-bond donors (Lipinski definition) is 0. The van der Waals surface area contributed by atoms with Crippen LogP contribution in [0.25, 0.3) is 0 Å². The van der Waals surface area contributed by atoms with Crippen LogP contribution >= 0.6 is 0 Å². The molecular formula is C20H24N3O4+. The molecule has 1 aliphatic rings. The van der Waals surface area contributed by atoms with Crippen molar-refractivity contribution in [1.82, 2.24) is 0 Å². The Balaban J connectivity index is 1.81. The highest BCUT2D eigenvalue weighted by Crippen LogP contribution is 2.20. The van der Waals surface area contributed by atoms with Crippen molar-refractivity contribution in [2.24, 2.45) is 0 Å². The summed E-state index contributed by atoms with van der Waals surface area (Å²) in [7, 11) is 2.18. The van der Waals surface area contributed by atoms with Crippen molar-refractivity contribution in [3.63, 3.8) is 0 Å². The molecule has 7 nitrogen and oxygen atoms in total. The Labute approximate surface area is 158 Å². The molecular weight excluding hydrogens is 346 g/mol. The molecule has 0 spiro atoms. The summed E-state index contributed by atoms with van der Waals surface area (Å²) in [4.78, 5) is 25.3. The van der Waals surface area contributed by atoms with Crippen molar-refractivity contribution >= 4 is 17.3 Å². The van der Waals surface area contributed by atoms with Gasteiger partial charge in [0.15, 0.2) is 0 Å². The van der Waals surface area contributed by atoms with Gasteiger partial charge in [0.25, 0.3) is 11.6 Å². The van der Waals surface area contributed by atoms with Crippen LogP contribution in [0, 0.1) is 10.1 Å². The van der Waals surface area contributed by atoms with Crippen molar-refractivity contribution in [3.8, 4) is 0 Å². The van der Waals surface area contributed by atoms with E-state index >= 15 is 0 Å². The van der Waals surface area contributed by atoms with Crippen LogP contribution in [-0.4, -0.2) is 61.8 Å². The van der Waals surface area contributed by atoms with E-state index < -0.39 is 4.92 Å². The van der Waals surface area contributed by atoms with Gasteiger partial charge in [0, 0.05) is 23.4 Å². The van der Waals surface area contributed by atoms with Crippen LogP contribution < -0.4 is 4.90 Å². The summed E-state index contributed by atoms with van der Waals surface area (Å²) in [5, 5.41) is 10.8. The number of hydrogen-bond acceptors (Lipinski definition) is 4. The molecule has 0 aliphatic carbocycles. The Morgan fingerprint density at radius 1 is 1.11 bits per heavy atom. The first-order valence-electron chi connectivity index (χ1n) is 9.01. The second-order valence-electron chi connectivity index (χ2n) is 7.00. The standard InChI is InChI=1S/C20H24N3O4/c1-23(13-15-27-16-14-23)12-11-21(18-5-3-2-4-6-18)20(24)17-7-9-19(10-8-17)22(25)26/h2-10H,11-16H2,1H3/q+1. The Kier molecular flexibility index (Phi) is 5.83. The van der Waals surface area contributed by atoms with Crippen molar-refractivity contribution in [1.29, 1.82) is 0 Å². The lowest BCUT2D eigenvalue weighted by molar-refractivity contribution is -0.915. The molecule has 0 unspecified atom stereocenters. The summed E-state index contributed by atoms with van der Waals surface area (Å²) in [6, 6.07) is 15.3. The van der Waals surface area contributed by atoms with E-state index in [9.17, 15) is 14.9 Å². The number of likely N-dealkylation sites (N-methyl/N-ethyl adjacent to an activating group) is 1. The molecule has 2 aromatic carbocycles. The zero-order valence-corrected chi connectivity index (χ0v) is 15.4. The fourth-order valence-corrected chi connectivity index (χ4v) is 3.19. The van der Waals surface area contributed by atoms with Gasteiger partial charge in [-0.2, -0.15) is 0 Å². The summed E-state index contributed by atoms with van der Waals surface area (Å²) in [6.07, 6.45) is 0. The first-order chi connectivity index (χ1) is 13.0. The minimum absolute atomic E-state index is 0.0239. The third-order valence-electron chi connectivity index (χ3n) is 5.05. The highest BCUT2D eigenvalue weighted by atomic mass is 16.6. The number of nitrogens with zero attached hydrogens (tertiary/aromatic N) is 3. The molecule has 0 N–H and O–H groups in total. The monoisotopic (exact) mass is 370 g/mol. The van der Waals surface area contributed by atoms with Crippen LogP contribution in [0.1, 0.15) is 10.4 Å². The maximum absolute atomic E-state index is 13.1. The second-order valence-corrected chi connectivity index (χ2v) is 7.00. The summed E-state index contributed by atoms with van der Waals surface area (Å²) in [6.45, 7) is 4.70. The van der Waals surface area contributed by atoms with E-state index in [1.807, 2.05) is 30.3 Å². The highest BCUT2D eigenvalue weighted by molar-refractivity contribution is 6.06. The molecule has 0 aromatic heterocycles. The summed E-state index contributed by atoms with van der Waals surface area (Å²) < 4.78 is 6.31. The largest absolute Gasteiger partial charge is 0.370 e. The second kappa shape index (κ2) is 8.28. The highest BCUT2D eigenvalue weighted by Gasteiger charge is 2.28. The number of rotatable bonds is 6. The van der Waals surface area contributed by atoms with Crippen molar-refractivity contribution < 1.29 is 18.9 Å². The van der Waals surface area contributed by atoms with E-state index in [1.54, 1.807) is 4.90 Å². The molecule has 142 valence electrons. The molecule has 0 bridgehead atoms. The lowest BCUT2D eigenvalue weighted by Gasteiger charge is -2.39. The lowest BCUT2D eigenvalue weighted by Crippen LogP contribution is -2.55. The number of nitro groups is 1. The molecule has 1 amide bonds. The topological polar surface area (TPSA) is 72.7 Å². The Morgan fingerprint density at radius 2 is 1.74 bits per heavy atom. The zero-order valence-electron chi connectivity index (χ0n) is 15.4. The molecule has 1 fully saturated rings. The number of nitro benzene ring substituents is 1. The van der Waals surface area contributed by atoms with Crippen LogP contribution in [0.3, 0.4) is 0 Å². The van der Waals surface area contributed by atoms with Gasteiger partial charge >= 0.3 is 0 Å². The van der Waals surface area contributed by atoms with Gasteiger partial charge in [-0.25, -0.2) is 0 Å². The number of benzene rings is 2. The number of para-hydroxylation sites is 1. The van der Waals surface area contributed by atoms with E-state index in [-0.39, 0.29) is 11.6 Å². The summed E-state index contributed by atoms with van der Waals surface area (Å²) in [5.41, 5.74) is 1.24. The maximum atomic E-state index is 13.1. The summed E-state index contributed by atoms with van der Waals surface area (Å²) >= 11 is 0. The van der Waals surface area contributed by atoms with Gasteiger partial charge in [0.1, 0.15) is 13.1 Å². The van der Waals surface area contributed by atoms with Crippen LogP contribution in [0.4, 0.5) is 11.4 Å². The van der Waals surface area contributed by atoms with E-state index in [0.717, 1.165) is 43.0 Å². The summed E-state index contributed by atoms with van der Waals surface area (Å²) in [5.74, 6) is -0.157. The van der Waals surface area contributed by atoms with Gasteiger partial charge in [-0.05, 0) is 24.3 Å². The quantitative estimate of drug-likeness (QED) is 0.445. The van der Waals surface area contributed by atoms with Crippen molar-refractivity contribution in [2.75, 3.05) is 51.3 Å². The third-order valence-corrected chi connectivity index (χ3v) is 5.05. The average Bonchev–Trinajstić information content (AvgIpc) is 2.69. The van der Waals surface area contributed by atoms with E-state index in [0.29, 0.717) is 12.1 Å². The van der Waals surface area contributed by atoms with Gasteiger partial charge in [-0.15, -0.1) is 0 Å². The van der Waals surface area contributed by atoms with Crippen molar-refractivity contribution in [2.45, 2.75) is 0 Å². The molecule has 7 heteroatoms. The molecule has 1 saturated heterocycles. The minimum Gasteiger partial charge on any atom is -0.370 e. The molecule has 3 rings (SSSR count). The number of non-ortho nitro benzene ring substituents is 1. The Hall–Kier alpha value is -2.77. The smallest absolute Gasteiger partial charge is 0.269 e. The van der Waals surface area contributed by atoms with E-state index in [2.05, 4.69) is 7.05 Å². The minimum atomic E-state index is -0.466. The van der Waals surface area contributed by atoms with Gasteiger partial charge in [0.2, 0.25) is 0 Å². The Morgan fingerprint density at radius 3 is 2.33 bits per heavy atom. The number of amides is 1. The molecule has 0 atom stereocenters. The molecule has 0 radical (unpaired) electrons. The van der Waals surface area contributed by atoms with Crippen LogP contribution in [0.15, 0.2) is 54.6 Å². The number of quaternary nitrogens is 1. The molecule has 1 heterocycles. The average molecular weight is 370 g/mol. The molecule has 1 aliphatic heterocycles. The zero-order chi connectivity index (χ0) is 19.3. The maximum Gasteiger partial charge on any atom is 0.269 e. The first-order valence-corrected chi connectivity index (χ1v) is 9.01. The van der Waals surface area contributed by atoms with Crippen LogP contribution in [0.5, 0.6) is 0 Å². The normalized spacial score (nSPS) is 15.9. The van der Waals surface area contributed by atoms with Crippen LogP contribution in [0.2, 0.25) is 0 Å². The fraction of sp³-hybridized carbons (Fsp3) is 0.350. The lowest BCUT2D eigenvalue weighted by atomic mass is 10.1. The predicted octanol–water partition coefficient (Wildman–Crippen LogP) is 2.72. The Bertz CT molecular complexity index is 787. The van der Waals surface area contributed by atoms with Gasteiger partial charge in [-0.1, -0.05) is 18.2 Å². The third kappa shape index (κ3) is 4.69. The van der Waals surface area contributed by atoms with Gasteiger partial charge < -0.3 is 14.1 Å². The fourth-order valence-electron chi connectivity index (χ4n) is 3.19. The van der Waals surface area contributed by atoms with Gasteiger partial charge in [0.05, 0.1) is 38.3 Å². The molecule has 27 heavy (non-hydrogen) atoms.